The highest BCUT2D eigenvalue weighted by molar-refractivity contribution is 6.06. The Kier molecular flexibility index (Phi) is 7.22. The van der Waals surface area contributed by atoms with Crippen LogP contribution in [0.15, 0.2) is 103 Å². The first-order valence-electron chi connectivity index (χ1n) is 11.0. The maximum atomic E-state index is 12.5. The van der Waals surface area contributed by atoms with E-state index in [-0.39, 0.29) is 22.7 Å². The van der Waals surface area contributed by atoms with Gasteiger partial charge in [0.1, 0.15) is 11.5 Å². The van der Waals surface area contributed by atoms with Gasteiger partial charge in [0.05, 0.1) is 11.1 Å². The summed E-state index contributed by atoms with van der Waals surface area (Å²) in [5, 5.41) is 0. The molecule has 0 atom stereocenters. The first kappa shape index (κ1) is 24.0. The van der Waals surface area contributed by atoms with Gasteiger partial charge in [-0.05, 0) is 66.2 Å². The molecule has 36 heavy (non-hydrogen) atoms. The fourth-order valence-electron chi connectivity index (χ4n) is 3.30. The molecule has 7 nitrogen and oxygen atoms in total. The van der Waals surface area contributed by atoms with Crippen molar-refractivity contribution in [2.24, 2.45) is 0 Å². The molecule has 4 N–H and O–H groups in total. The summed E-state index contributed by atoms with van der Waals surface area (Å²) in [6.45, 7) is 0. The Balaban J connectivity index is 1.34. The minimum atomic E-state index is -0.621. The number of nitrogen functional groups attached to an aromatic ring is 2. The van der Waals surface area contributed by atoms with Gasteiger partial charge in [0.2, 0.25) is 0 Å². The van der Waals surface area contributed by atoms with Crippen molar-refractivity contribution in [2.45, 2.75) is 0 Å². The molecule has 4 rings (SSSR count). The van der Waals surface area contributed by atoms with Crippen molar-refractivity contribution < 1.29 is 23.9 Å². The predicted molar refractivity (Wildman–Crippen MR) is 138 cm³/mol. The second kappa shape index (κ2) is 10.8. The maximum absolute atomic E-state index is 12.5. The fraction of sp³-hybridized carbons (Fsp3) is 0. The van der Waals surface area contributed by atoms with Crippen LogP contribution < -0.4 is 20.9 Å². The smallest absolute Gasteiger partial charge is 0.343 e. The summed E-state index contributed by atoms with van der Waals surface area (Å²) in [5.41, 5.74) is 14.0. The number of ketones is 1. The van der Waals surface area contributed by atoms with Crippen LogP contribution in [0.4, 0.5) is 11.4 Å². The molecular weight excluding hydrogens is 456 g/mol. The summed E-state index contributed by atoms with van der Waals surface area (Å²) in [6, 6.07) is 26.1. The zero-order chi connectivity index (χ0) is 25.5. The molecule has 0 radical (unpaired) electrons. The molecule has 0 spiro atoms. The lowest BCUT2D eigenvalue weighted by Crippen LogP contribution is -2.11. The Labute approximate surface area is 207 Å². The van der Waals surface area contributed by atoms with Crippen molar-refractivity contribution in [3.05, 3.63) is 125 Å². The number of rotatable bonds is 7. The van der Waals surface area contributed by atoms with Gasteiger partial charge in [-0.2, -0.15) is 0 Å². The van der Waals surface area contributed by atoms with Crippen LogP contribution in [0.5, 0.6) is 11.5 Å². The summed E-state index contributed by atoms with van der Waals surface area (Å²) in [5.74, 6) is -0.694. The lowest BCUT2D eigenvalue weighted by atomic mass is 10.1. The number of esters is 2. The third-order valence-electron chi connectivity index (χ3n) is 5.09. The van der Waals surface area contributed by atoms with E-state index < -0.39 is 11.9 Å². The Morgan fingerprint density at radius 1 is 0.583 bits per heavy atom. The van der Waals surface area contributed by atoms with Crippen LogP contribution in [-0.2, 0) is 0 Å². The molecule has 4 aromatic rings. The summed E-state index contributed by atoms with van der Waals surface area (Å²) in [6.07, 6.45) is 3.19. The minimum absolute atomic E-state index is 0.0998. The monoisotopic (exact) mass is 478 g/mol. The number of hydrogen-bond donors (Lipinski definition) is 2. The summed E-state index contributed by atoms with van der Waals surface area (Å²) in [4.78, 5) is 37.0. The Morgan fingerprint density at radius 3 is 1.69 bits per heavy atom. The van der Waals surface area contributed by atoms with Crippen molar-refractivity contribution >= 4 is 35.2 Å². The second-order valence-electron chi connectivity index (χ2n) is 7.82. The number of benzene rings is 4. The number of ether oxygens (including phenoxy) is 2. The topological polar surface area (TPSA) is 122 Å². The zero-order valence-corrected chi connectivity index (χ0v) is 19.1. The fourth-order valence-corrected chi connectivity index (χ4v) is 3.30. The normalized spacial score (nSPS) is 10.7. The van der Waals surface area contributed by atoms with E-state index in [0.29, 0.717) is 22.7 Å². The average molecular weight is 479 g/mol. The Morgan fingerprint density at radius 2 is 1.11 bits per heavy atom. The van der Waals surface area contributed by atoms with E-state index in [9.17, 15) is 14.4 Å². The third kappa shape index (κ3) is 6.24. The van der Waals surface area contributed by atoms with Crippen molar-refractivity contribution in [3.8, 4) is 11.5 Å². The van der Waals surface area contributed by atoms with Crippen LogP contribution >= 0.6 is 0 Å². The van der Waals surface area contributed by atoms with Crippen molar-refractivity contribution in [1.29, 1.82) is 0 Å². The SMILES string of the molecule is Nc1cc(N)cc(C(=O)Oc2ccc(C(=O)Oc3ccc(/C=C/C(=O)c4ccccc4)cc3)cc2)c1. The Bertz CT molecular complexity index is 1410. The molecule has 0 unspecified atom stereocenters. The molecule has 0 aliphatic heterocycles. The first-order chi connectivity index (χ1) is 17.4. The van der Waals surface area contributed by atoms with E-state index in [1.807, 2.05) is 18.2 Å². The van der Waals surface area contributed by atoms with Crippen molar-refractivity contribution in [2.75, 3.05) is 11.5 Å². The standard InChI is InChI=1S/C29H22N2O5/c30-23-16-22(17-24(31)18-23)29(34)36-26-13-9-21(10-14-26)28(33)35-25-11-6-19(7-12-25)8-15-27(32)20-4-2-1-3-5-20/h1-18H,30-31H2/b15-8+. The zero-order valence-electron chi connectivity index (χ0n) is 19.1. The molecule has 4 aromatic carbocycles. The van der Waals surface area contributed by atoms with Crippen LogP contribution in [0, 0.1) is 0 Å². The molecule has 0 fully saturated rings. The van der Waals surface area contributed by atoms with Crippen LogP contribution in [0.3, 0.4) is 0 Å². The van der Waals surface area contributed by atoms with E-state index in [1.165, 1.54) is 48.5 Å². The summed E-state index contributed by atoms with van der Waals surface area (Å²) < 4.78 is 10.7. The molecule has 0 aromatic heterocycles. The number of carbonyl (C=O) groups is 3. The van der Waals surface area contributed by atoms with Gasteiger partial charge < -0.3 is 20.9 Å². The van der Waals surface area contributed by atoms with Crippen LogP contribution in [0.1, 0.15) is 36.6 Å². The number of nitrogens with two attached hydrogens (primary N) is 2. The van der Waals surface area contributed by atoms with Crippen LogP contribution in [0.2, 0.25) is 0 Å². The molecular formula is C29H22N2O5. The van der Waals surface area contributed by atoms with Gasteiger partial charge in [0, 0.05) is 16.9 Å². The van der Waals surface area contributed by atoms with Gasteiger partial charge in [0.15, 0.2) is 5.78 Å². The van der Waals surface area contributed by atoms with Gasteiger partial charge in [-0.25, -0.2) is 9.59 Å². The molecule has 0 saturated carbocycles. The largest absolute Gasteiger partial charge is 0.423 e. The van der Waals surface area contributed by atoms with E-state index in [2.05, 4.69) is 0 Å². The second-order valence-corrected chi connectivity index (χ2v) is 7.82. The van der Waals surface area contributed by atoms with Gasteiger partial charge in [0.25, 0.3) is 0 Å². The highest BCUT2D eigenvalue weighted by atomic mass is 16.5. The molecule has 0 aliphatic carbocycles. The maximum Gasteiger partial charge on any atom is 0.343 e. The summed E-state index contributed by atoms with van der Waals surface area (Å²) >= 11 is 0. The number of allylic oxidation sites excluding steroid dienone is 1. The number of anilines is 2. The molecule has 178 valence electrons. The van der Waals surface area contributed by atoms with Gasteiger partial charge in [-0.15, -0.1) is 0 Å². The van der Waals surface area contributed by atoms with Crippen LogP contribution in [-0.4, -0.2) is 17.7 Å². The molecule has 0 aliphatic rings. The van der Waals surface area contributed by atoms with Crippen molar-refractivity contribution in [1.82, 2.24) is 0 Å². The highest BCUT2D eigenvalue weighted by Crippen LogP contribution is 2.20. The number of hydrogen-bond acceptors (Lipinski definition) is 7. The minimum Gasteiger partial charge on any atom is -0.423 e. The molecule has 0 amide bonds. The van der Waals surface area contributed by atoms with E-state index in [4.69, 9.17) is 20.9 Å². The van der Waals surface area contributed by atoms with Gasteiger partial charge in [-0.3, -0.25) is 4.79 Å². The molecule has 0 saturated heterocycles. The number of carbonyl (C=O) groups excluding carboxylic acids is 3. The molecule has 0 bridgehead atoms. The predicted octanol–water partition coefficient (Wildman–Crippen LogP) is 5.19. The lowest BCUT2D eigenvalue weighted by Gasteiger charge is -2.08. The molecule has 7 heteroatoms. The Hall–Kier alpha value is -5.17. The van der Waals surface area contributed by atoms with Gasteiger partial charge in [-0.1, -0.05) is 48.5 Å². The average Bonchev–Trinajstić information content (AvgIpc) is 2.88. The highest BCUT2D eigenvalue weighted by Gasteiger charge is 2.13. The van der Waals surface area contributed by atoms with E-state index in [0.717, 1.165) is 5.56 Å². The third-order valence-corrected chi connectivity index (χ3v) is 5.09. The van der Waals surface area contributed by atoms with E-state index >= 15 is 0 Å². The lowest BCUT2D eigenvalue weighted by molar-refractivity contribution is 0.0730. The van der Waals surface area contributed by atoms with Gasteiger partial charge >= 0.3 is 11.9 Å². The van der Waals surface area contributed by atoms with Crippen molar-refractivity contribution in [3.63, 3.8) is 0 Å². The quantitative estimate of drug-likeness (QED) is 0.123. The van der Waals surface area contributed by atoms with E-state index in [1.54, 1.807) is 42.5 Å². The van der Waals surface area contributed by atoms with Crippen LogP contribution in [0.25, 0.3) is 6.08 Å². The first-order valence-corrected chi connectivity index (χ1v) is 11.0. The molecule has 0 heterocycles. The summed E-state index contributed by atoms with van der Waals surface area (Å²) in [7, 11) is 0.